The Balaban J connectivity index is 2.04. The molecule has 1 aromatic heterocycles. The fraction of sp³-hybridized carbons (Fsp3) is 0.529. The second-order valence-corrected chi connectivity index (χ2v) is 7.25. The average Bonchev–Trinajstić information content (AvgIpc) is 2.99. The van der Waals surface area contributed by atoms with Crippen LogP contribution >= 0.6 is 11.8 Å². The lowest BCUT2D eigenvalue weighted by Crippen LogP contribution is -2.38. The van der Waals surface area contributed by atoms with Crippen molar-refractivity contribution >= 4 is 17.7 Å². The number of morpholine rings is 1. The topological polar surface area (TPSA) is 43.2 Å². The van der Waals surface area contributed by atoms with Crippen molar-refractivity contribution in [3.8, 4) is 5.69 Å². The van der Waals surface area contributed by atoms with Crippen molar-refractivity contribution in [2.45, 2.75) is 37.6 Å². The maximum Gasteiger partial charge on any atom is 0.232 e. The Morgan fingerprint density at radius 1 is 1.22 bits per heavy atom. The van der Waals surface area contributed by atoms with Crippen LogP contribution in [0.3, 0.4) is 0 Å². The van der Waals surface area contributed by atoms with Gasteiger partial charge in [-0.3, -0.25) is 4.57 Å². The average molecular weight is 332 g/mol. The summed E-state index contributed by atoms with van der Waals surface area (Å²) >= 11 is 1.79. The van der Waals surface area contributed by atoms with E-state index in [0.717, 1.165) is 49.5 Å². The van der Waals surface area contributed by atoms with Gasteiger partial charge in [-0.05, 0) is 25.0 Å². The molecule has 6 heteroatoms. The van der Waals surface area contributed by atoms with E-state index in [9.17, 15) is 0 Å². The van der Waals surface area contributed by atoms with Crippen molar-refractivity contribution in [1.29, 1.82) is 0 Å². The molecule has 0 radical (unpaired) electrons. The first-order valence-electron chi connectivity index (χ1n) is 8.21. The van der Waals surface area contributed by atoms with Gasteiger partial charge in [-0.25, -0.2) is 0 Å². The van der Waals surface area contributed by atoms with Crippen molar-refractivity contribution in [3.63, 3.8) is 0 Å². The highest BCUT2D eigenvalue weighted by atomic mass is 32.2. The van der Waals surface area contributed by atoms with Gasteiger partial charge in [-0.15, -0.1) is 10.2 Å². The summed E-state index contributed by atoms with van der Waals surface area (Å²) in [5.74, 6) is 0.924. The van der Waals surface area contributed by atoms with E-state index in [1.54, 1.807) is 11.8 Å². The lowest BCUT2D eigenvalue weighted by atomic mass is 10.2. The maximum absolute atomic E-state index is 5.47. The highest BCUT2D eigenvalue weighted by Gasteiger charge is 2.23. The molecular formula is C17H24N4OS. The van der Waals surface area contributed by atoms with Crippen LogP contribution < -0.4 is 4.90 Å². The van der Waals surface area contributed by atoms with Gasteiger partial charge in [0.2, 0.25) is 5.95 Å². The zero-order chi connectivity index (χ0) is 16.2. The summed E-state index contributed by atoms with van der Waals surface area (Å²) in [6, 6.07) is 8.42. The summed E-state index contributed by atoms with van der Waals surface area (Å²) in [7, 11) is 0. The molecule has 0 aliphatic carbocycles. The molecule has 1 saturated heterocycles. The van der Waals surface area contributed by atoms with Crippen molar-refractivity contribution in [2.24, 2.45) is 0 Å². The summed E-state index contributed by atoms with van der Waals surface area (Å²) in [5, 5.41) is 10.5. The molecule has 2 heterocycles. The van der Waals surface area contributed by atoms with E-state index < -0.39 is 0 Å². The van der Waals surface area contributed by atoms with Gasteiger partial charge in [0.15, 0.2) is 5.16 Å². The first kappa shape index (κ1) is 16.3. The highest BCUT2D eigenvalue weighted by molar-refractivity contribution is 7.99. The Morgan fingerprint density at radius 2 is 1.96 bits per heavy atom. The Kier molecular flexibility index (Phi) is 5.23. The molecule has 0 spiro atoms. The summed E-state index contributed by atoms with van der Waals surface area (Å²) in [5.41, 5.74) is 2.39. The molecule has 5 nitrogen and oxygen atoms in total. The third-order valence-electron chi connectivity index (χ3n) is 4.15. The van der Waals surface area contributed by atoms with Crippen LogP contribution in [0.5, 0.6) is 0 Å². The molecule has 124 valence electrons. The van der Waals surface area contributed by atoms with Crippen LogP contribution in [0.2, 0.25) is 0 Å². The van der Waals surface area contributed by atoms with Gasteiger partial charge >= 0.3 is 0 Å². The minimum absolute atomic E-state index is 0.513. The number of hydrogen-bond acceptors (Lipinski definition) is 5. The predicted octanol–water partition coefficient (Wildman–Crippen LogP) is 3.30. The lowest BCUT2D eigenvalue weighted by molar-refractivity contribution is 0.122. The Hall–Kier alpha value is -1.53. The molecule has 1 fully saturated rings. The minimum Gasteiger partial charge on any atom is -0.378 e. The molecule has 3 rings (SSSR count). The summed E-state index contributed by atoms with van der Waals surface area (Å²) in [6.45, 7) is 9.78. The molecule has 1 atom stereocenters. The van der Waals surface area contributed by atoms with Crippen LogP contribution in [0.4, 0.5) is 5.95 Å². The molecule has 1 aromatic carbocycles. The van der Waals surface area contributed by atoms with E-state index in [0.29, 0.717) is 5.25 Å². The minimum atomic E-state index is 0.513. The fourth-order valence-corrected chi connectivity index (χ4v) is 3.50. The standard InChI is InChI=1S/C17H24N4OS/c1-4-14(3)23-17-19-18-16(20-9-11-22-12-10-20)21(17)15-8-6-5-7-13(15)2/h5-8,14H,4,9-12H2,1-3H3/t14-/m1/s1. The van der Waals surface area contributed by atoms with Crippen molar-refractivity contribution in [2.75, 3.05) is 31.2 Å². The number of thioether (sulfide) groups is 1. The third kappa shape index (κ3) is 3.53. The van der Waals surface area contributed by atoms with Crippen LogP contribution in [0, 0.1) is 6.92 Å². The number of hydrogen-bond donors (Lipinski definition) is 0. The largest absolute Gasteiger partial charge is 0.378 e. The third-order valence-corrected chi connectivity index (χ3v) is 5.36. The van der Waals surface area contributed by atoms with Crippen molar-refractivity contribution in [1.82, 2.24) is 14.8 Å². The summed E-state index contributed by atoms with van der Waals surface area (Å²) < 4.78 is 7.68. The lowest BCUT2D eigenvalue weighted by Gasteiger charge is -2.28. The number of rotatable bonds is 5. The molecule has 1 aliphatic heterocycles. The number of ether oxygens (including phenoxy) is 1. The Labute approximate surface area is 142 Å². The normalized spacial score (nSPS) is 16.6. The molecule has 2 aromatic rings. The van der Waals surface area contributed by atoms with Crippen LogP contribution in [-0.4, -0.2) is 46.3 Å². The molecule has 1 aliphatic rings. The molecule has 0 bridgehead atoms. The van der Waals surface area contributed by atoms with Gasteiger partial charge in [-0.1, -0.05) is 43.8 Å². The monoisotopic (exact) mass is 332 g/mol. The maximum atomic E-state index is 5.47. The molecule has 0 N–H and O–H groups in total. The second-order valence-electron chi connectivity index (χ2n) is 5.84. The highest BCUT2D eigenvalue weighted by Crippen LogP contribution is 2.31. The first-order valence-corrected chi connectivity index (χ1v) is 9.09. The SMILES string of the molecule is CC[C@@H](C)Sc1nnc(N2CCOCC2)n1-c1ccccc1C. The number of aryl methyl sites for hydroxylation is 1. The van der Waals surface area contributed by atoms with Gasteiger partial charge in [0.1, 0.15) is 0 Å². The summed E-state index contributed by atoms with van der Waals surface area (Å²) in [6.07, 6.45) is 1.11. The van der Waals surface area contributed by atoms with Crippen LogP contribution in [0.15, 0.2) is 29.4 Å². The number of aromatic nitrogens is 3. The van der Waals surface area contributed by atoms with Crippen LogP contribution in [0.25, 0.3) is 5.69 Å². The number of para-hydroxylation sites is 1. The Bertz CT molecular complexity index is 652. The van der Waals surface area contributed by atoms with E-state index in [4.69, 9.17) is 4.74 Å². The number of nitrogens with zero attached hydrogens (tertiary/aromatic N) is 4. The van der Waals surface area contributed by atoms with E-state index in [1.807, 2.05) is 0 Å². The smallest absolute Gasteiger partial charge is 0.232 e. The fourth-order valence-electron chi connectivity index (χ4n) is 2.60. The van der Waals surface area contributed by atoms with E-state index in [-0.39, 0.29) is 0 Å². The predicted molar refractivity (Wildman–Crippen MR) is 94.7 cm³/mol. The van der Waals surface area contributed by atoms with Crippen LogP contribution in [0.1, 0.15) is 25.8 Å². The number of anilines is 1. The molecular weight excluding hydrogens is 308 g/mol. The zero-order valence-corrected chi connectivity index (χ0v) is 14.8. The van der Waals surface area contributed by atoms with Gasteiger partial charge < -0.3 is 9.64 Å². The summed E-state index contributed by atoms with van der Waals surface area (Å²) in [4.78, 5) is 2.27. The van der Waals surface area contributed by atoms with Crippen molar-refractivity contribution < 1.29 is 4.74 Å². The Morgan fingerprint density at radius 3 is 2.65 bits per heavy atom. The quantitative estimate of drug-likeness (QED) is 0.786. The molecule has 23 heavy (non-hydrogen) atoms. The molecule has 0 amide bonds. The van der Waals surface area contributed by atoms with E-state index in [1.165, 1.54) is 5.56 Å². The second kappa shape index (κ2) is 7.36. The first-order chi connectivity index (χ1) is 11.2. The van der Waals surface area contributed by atoms with Crippen LogP contribution in [-0.2, 0) is 4.74 Å². The van der Waals surface area contributed by atoms with Crippen molar-refractivity contribution in [3.05, 3.63) is 29.8 Å². The van der Waals surface area contributed by atoms with E-state index >= 15 is 0 Å². The zero-order valence-electron chi connectivity index (χ0n) is 14.0. The van der Waals surface area contributed by atoms with Gasteiger partial charge in [0, 0.05) is 18.3 Å². The van der Waals surface area contributed by atoms with Gasteiger partial charge in [0.25, 0.3) is 0 Å². The van der Waals surface area contributed by atoms with Gasteiger partial charge in [-0.2, -0.15) is 0 Å². The van der Waals surface area contributed by atoms with E-state index in [2.05, 4.69) is 64.7 Å². The molecule has 0 unspecified atom stereocenters. The molecule has 0 saturated carbocycles. The number of benzene rings is 1. The van der Waals surface area contributed by atoms with Gasteiger partial charge in [0.05, 0.1) is 18.9 Å².